The summed E-state index contributed by atoms with van der Waals surface area (Å²) in [4.78, 5) is 24.5. The van der Waals surface area contributed by atoms with Crippen LogP contribution in [0.2, 0.25) is 0 Å². The molecule has 1 saturated heterocycles. The lowest BCUT2D eigenvalue weighted by molar-refractivity contribution is -0.122. The number of nitrogens with zero attached hydrogens (tertiary/aromatic N) is 5. The van der Waals surface area contributed by atoms with Crippen molar-refractivity contribution in [3.63, 3.8) is 0 Å². The lowest BCUT2D eigenvalue weighted by atomic mass is 9.96. The van der Waals surface area contributed by atoms with Crippen molar-refractivity contribution in [2.45, 2.75) is 43.8 Å². The van der Waals surface area contributed by atoms with Crippen molar-refractivity contribution in [1.29, 1.82) is 0 Å². The van der Waals surface area contributed by atoms with Gasteiger partial charge in [0.2, 0.25) is 5.91 Å². The summed E-state index contributed by atoms with van der Waals surface area (Å²) in [6.07, 6.45) is 7.00. The highest BCUT2D eigenvalue weighted by Crippen LogP contribution is 2.28. The van der Waals surface area contributed by atoms with Crippen LogP contribution in [-0.2, 0) is 11.3 Å². The normalized spacial score (nSPS) is 14.9. The number of nitrogens with one attached hydrogen (secondary N) is 1. The van der Waals surface area contributed by atoms with Crippen LogP contribution in [0.5, 0.6) is 0 Å². The van der Waals surface area contributed by atoms with Crippen LogP contribution in [0.3, 0.4) is 0 Å². The number of aromatic nitrogens is 4. The highest BCUT2D eigenvalue weighted by molar-refractivity contribution is 7.98. The lowest BCUT2D eigenvalue weighted by Gasteiger charge is -2.18. The Morgan fingerprint density at radius 2 is 1.97 bits per heavy atom. The number of anilines is 1. The van der Waals surface area contributed by atoms with Gasteiger partial charge in [0.05, 0.1) is 24.0 Å². The average Bonchev–Trinajstić information content (AvgIpc) is 3.45. The third-order valence-corrected chi connectivity index (χ3v) is 6.14. The predicted octanol–water partition coefficient (Wildman–Crippen LogP) is 3.46. The number of fused-ring (bicyclic) bond motifs is 1. The molecule has 1 aromatic carbocycles. The summed E-state index contributed by atoms with van der Waals surface area (Å²) in [5.74, 6) is 0.900. The average molecular weight is 425 g/mol. The highest BCUT2D eigenvalue weighted by atomic mass is 32.2. The quantitative estimate of drug-likeness (QED) is 0.441. The van der Waals surface area contributed by atoms with E-state index in [1.54, 1.807) is 11.8 Å². The van der Waals surface area contributed by atoms with Gasteiger partial charge in [-0.3, -0.25) is 4.79 Å². The van der Waals surface area contributed by atoms with Gasteiger partial charge in [-0.25, -0.2) is 14.6 Å². The molecular weight excluding hydrogens is 396 g/mol. The van der Waals surface area contributed by atoms with Gasteiger partial charge in [-0.1, -0.05) is 49.0 Å². The molecule has 1 atom stereocenters. The summed E-state index contributed by atoms with van der Waals surface area (Å²) in [6, 6.07) is 9.94. The molecule has 7 nitrogen and oxygen atoms in total. The number of hydrogen-bond acceptors (Lipinski definition) is 6. The van der Waals surface area contributed by atoms with E-state index in [0.29, 0.717) is 13.1 Å². The monoisotopic (exact) mass is 424 g/mol. The third kappa shape index (κ3) is 4.28. The molecule has 1 aliphatic rings. The van der Waals surface area contributed by atoms with Gasteiger partial charge in [0, 0.05) is 19.6 Å². The fourth-order valence-corrected chi connectivity index (χ4v) is 4.37. The molecule has 0 spiro atoms. The zero-order valence-corrected chi connectivity index (χ0v) is 18.4. The summed E-state index contributed by atoms with van der Waals surface area (Å²) in [6.45, 7) is 5.18. The molecule has 1 amide bonds. The summed E-state index contributed by atoms with van der Waals surface area (Å²) in [7, 11) is 0. The molecule has 1 fully saturated rings. The Balaban J connectivity index is 1.48. The Morgan fingerprint density at radius 3 is 2.67 bits per heavy atom. The first-order valence-corrected chi connectivity index (χ1v) is 11.8. The lowest BCUT2D eigenvalue weighted by Crippen LogP contribution is -2.32. The smallest absolute Gasteiger partial charge is 0.227 e. The summed E-state index contributed by atoms with van der Waals surface area (Å²) < 4.78 is 1.88. The SMILES string of the molecule is CCC(C(=O)NCCn1ncc2c(N3CCCC3)nc(SC)nc21)c1ccccc1. The maximum Gasteiger partial charge on any atom is 0.227 e. The number of hydrogen-bond donors (Lipinski definition) is 1. The molecular formula is C22H28N6OS. The van der Waals surface area contributed by atoms with Crippen LogP contribution < -0.4 is 10.2 Å². The Kier molecular flexibility index (Phi) is 6.52. The molecule has 30 heavy (non-hydrogen) atoms. The zero-order chi connectivity index (χ0) is 20.9. The van der Waals surface area contributed by atoms with Crippen LogP contribution in [0.25, 0.3) is 11.0 Å². The molecule has 3 aromatic rings. The minimum Gasteiger partial charge on any atom is -0.356 e. The van der Waals surface area contributed by atoms with Gasteiger partial charge in [-0.2, -0.15) is 5.10 Å². The largest absolute Gasteiger partial charge is 0.356 e. The van der Waals surface area contributed by atoms with E-state index < -0.39 is 0 Å². The van der Waals surface area contributed by atoms with E-state index in [4.69, 9.17) is 9.97 Å². The van der Waals surface area contributed by atoms with Crippen LogP contribution >= 0.6 is 11.8 Å². The number of amides is 1. The van der Waals surface area contributed by atoms with Crippen molar-refractivity contribution in [2.24, 2.45) is 0 Å². The molecule has 3 heterocycles. The highest BCUT2D eigenvalue weighted by Gasteiger charge is 2.21. The summed E-state index contributed by atoms with van der Waals surface area (Å²) >= 11 is 1.54. The van der Waals surface area contributed by atoms with Crippen LogP contribution in [0.4, 0.5) is 5.82 Å². The van der Waals surface area contributed by atoms with Gasteiger partial charge < -0.3 is 10.2 Å². The van der Waals surface area contributed by atoms with E-state index in [1.807, 2.05) is 54.4 Å². The van der Waals surface area contributed by atoms with Crippen LogP contribution in [0.1, 0.15) is 37.7 Å². The molecule has 1 unspecified atom stereocenters. The van der Waals surface area contributed by atoms with Gasteiger partial charge in [0.1, 0.15) is 5.82 Å². The van der Waals surface area contributed by atoms with Crippen molar-refractivity contribution in [3.8, 4) is 0 Å². The minimum absolute atomic E-state index is 0.0531. The Bertz CT molecular complexity index is 1000. The number of thioether (sulfide) groups is 1. The second-order valence-corrected chi connectivity index (χ2v) is 8.27. The second kappa shape index (κ2) is 9.47. The number of rotatable bonds is 8. The molecule has 2 aromatic heterocycles. The fourth-order valence-electron chi connectivity index (χ4n) is 4.01. The van der Waals surface area contributed by atoms with Crippen LogP contribution in [0.15, 0.2) is 41.7 Å². The number of carbonyl (C=O) groups is 1. The summed E-state index contributed by atoms with van der Waals surface area (Å²) in [5, 5.41) is 9.36. The Morgan fingerprint density at radius 1 is 1.20 bits per heavy atom. The molecule has 0 bridgehead atoms. The van der Waals surface area contributed by atoms with Crippen molar-refractivity contribution in [3.05, 3.63) is 42.1 Å². The topological polar surface area (TPSA) is 75.9 Å². The van der Waals surface area contributed by atoms with Crippen molar-refractivity contribution < 1.29 is 4.79 Å². The molecule has 0 saturated carbocycles. The van der Waals surface area contributed by atoms with Gasteiger partial charge in [0.15, 0.2) is 10.8 Å². The maximum absolute atomic E-state index is 12.7. The van der Waals surface area contributed by atoms with E-state index in [0.717, 1.165) is 47.1 Å². The summed E-state index contributed by atoms with van der Waals surface area (Å²) in [5.41, 5.74) is 1.88. The first-order chi connectivity index (χ1) is 14.7. The van der Waals surface area contributed by atoms with Crippen LogP contribution in [0, 0.1) is 0 Å². The first kappa shape index (κ1) is 20.7. The third-order valence-electron chi connectivity index (χ3n) is 5.59. The number of benzene rings is 1. The second-order valence-electron chi connectivity index (χ2n) is 7.50. The van der Waals surface area contributed by atoms with Crippen molar-refractivity contribution >= 4 is 34.5 Å². The predicted molar refractivity (Wildman–Crippen MR) is 121 cm³/mol. The van der Waals surface area contributed by atoms with E-state index in [1.165, 1.54) is 12.8 Å². The number of carbonyl (C=O) groups excluding carboxylic acids is 1. The molecule has 0 aliphatic carbocycles. The molecule has 158 valence electrons. The first-order valence-electron chi connectivity index (χ1n) is 10.6. The molecule has 1 N–H and O–H groups in total. The van der Waals surface area contributed by atoms with Crippen molar-refractivity contribution in [2.75, 3.05) is 30.8 Å². The molecule has 8 heteroatoms. The van der Waals surface area contributed by atoms with E-state index in [9.17, 15) is 4.79 Å². The Labute approximate surface area is 181 Å². The van der Waals surface area contributed by atoms with E-state index >= 15 is 0 Å². The fraction of sp³-hybridized carbons (Fsp3) is 0.455. The minimum atomic E-state index is -0.132. The van der Waals surface area contributed by atoms with Gasteiger partial charge in [-0.05, 0) is 31.1 Å². The van der Waals surface area contributed by atoms with Crippen molar-refractivity contribution in [1.82, 2.24) is 25.1 Å². The maximum atomic E-state index is 12.7. The van der Waals surface area contributed by atoms with E-state index in [2.05, 4.69) is 15.3 Å². The molecule has 4 rings (SSSR count). The van der Waals surface area contributed by atoms with Gasteiger partial charge in [0.25, 0.3) is 0 Å². The Hall–Kier alpha value is -2.61. The zero-order valence-electron chi connectivity index (χ0n) is 17.5. The standard InChI is InChI=1S/C22H28N6OS/c1-3-17(16-9-5-4-6-10-16)21(29)23-11-14-28-20-18(15-24-28)19(25-22(26-20)30-2)27-12-7-8-13-27/h4-6,9-10,15,17H,3,7-8,11-14H2,1-2H3,(H,23,29). The van der Waals surface area contributed by atoms with Crippen LogP contribution in [-0.4, -0.2) is 51.5 Å². The molecule has 1 aliphatic heterocycles. The van der Waals surface area contributed by atoms with Gasteiger partial charge in [-0.15, -0.1) is 0 Å². The van der Waals surface area contributed by atoms with E-state index in [-0.39, 0.29) is 11.8 Å². The van der Waals surface area contributed by atoms with Gasteiger partial charge >= 0.3 is 0 Å². The molecule has 0 radical (unpaired) electrons.